The smallest absolute Gasteiger partial charge is 0.138 e. The molecule has 0 aliphatic heterocycles. The van der Waals surface area contributed by atoms with Gasteiger partial charge in [-0.25, -0.2) is 4.98 Å². The fourth-order valence-corrected chi connectivity index (χ4v) is 7.15. The number of nitrogens with zero attached hydrogens (tertiary/aromatic N) is 4. The second kappa shape index (κ2) is 9.69. The number of rotatable bonds is 3. The monoisotopic (exact) mass is 566 g/mol. The van der Waals surface area contributed by atoms with Crippen molar-refractivity contribution in [2.45, 2.75) is 27.7 Å². The topological polar surface area (TPSA) is 46.5 Å². The SMILES string of the molecule is Cc1cccc2c1c1c(C)cccc1n2-c1cc(-c2cccc(C#N)c2)c(-n2c3cccc(C)c3c3c(C)cccc32)cn1. The lowest BCUT2D eigenvalue weighted by atomic mass is 10.0. The molecule has 0 saturated heterocycles. The highest BCUT2D eigenvalue weighted by molar-refractivity contribution is 6.13. The molecule has 5 aromatic carbocycles. The molecule has 4 heteroatoms. The molecule has 8 rings (SSSR count). The van der Waals surface area contributed by atoms with Crippen LogP contribution >= 0.6 is 0 Å². The Hall–Kier alpha value is -5.66. The Kier molecular flexibility index (Phi) is 5.73. The van der Waals surface area contributed by atoms with Gasteiger partial charge in [0.2, 0.25) is 0 Å². The lowest BCUT2D eigenvalue weighted by Gasteiger charge is -2.17. The predicted molar refractivity (Wildman–Crippen MR) is 182 cm³/mol. The summed E-state index contributed by atoms with van der Waals surface area (Å²) >= 11 is 0. The maximum absolute atomic E-state index is 9.83. The van der Waals surface area contributed by atoms with E-state index < -0.39 is 0 Å². The first-order valence-electron chi connectivity index (χ1n) is 15.0. The summed E-state index contributed by atoms with van der Waals surface area (Å²) in [6.45, 7) is 8.73. The van der Waals surface area contributed by atoms with Crippen LogP contribution in [0.25, 0.3) is 66.2 Å². The molecule has 44 heavy (non-hydrogen) atoms. The van der Waals surface area contributed by atoms with Crippen LogP contribution in [0.2, 0.25) is 0 Å². The Morgan fingerprint density at radius 1 is 0.545 bits per heavy atom. The number of pyridine rings is 1. The van der Waals surface area contributed by atoms with Gasteiger partial charge in [-0.15, -0.1) is 0 Å². The minimum atomic E-state index is 0.629. The molecular formula is C40H30N4. The van der Waals surface area contributed by atoms with Crippen LogP contribution in [0, 0.1) is 39.0 Å². The summed E-state index contributed by atoms with van der Waals surface area (Å²) < 4.78 is 4.63. The number of aryl methyl sites for hydroxylation is 4. The normalized spacial score (nSPS) is 11.6. The third kappa shape index (κ3) is 3.66. The lowest BCUT2D eigenvalue weighted by molar-refractivity contribution is 1.05. The number of aromatic nitrogens is 3. The van der Waals surface area contributed by atoms with Gasteiger partial charge in [-0.05, 0) is 98.0 Å². The molecule has 0 aliphatic rings. The molecule has 0 saturated carbocycles. The molecule has 0 aliphatic carbocycles. The van der Waals surface area contributed by atoms with Gasteiger partial charge in [0.05, 0.1) is 45.6 Å². The van der Waals surface area contributed by atoms with E-state index in [2.05, 4.69) is 128 Å². The van der Waals surface area contributed by atoms with Gasteiger partial charge < -0.3 is 4.57 Å². The van der Waals surface area contributed by atoms with Crippen molar-refractivity contribution >= 4 is 43.6 Å². The Bertz CT molecular complexity index is 2380. The largest absolute Gasteiger partial charge is 0.307 e. The van der Waals surface area contributed by atoms with E-state index in [-0.39, 0.29) is 0 Å². The van der Waals surface area contributed by atoms with Gasteiger partial charge >= 0.3 is 0 Å². The van der Waals surface area contributed by atoms with Crippen molar-refractivity contribution in [3.8, 4) is 28.7 Å². The van der Waals surface area contributed by atoms with E-state index in [1.165, 1.54) is 43.8 Å². The van der Waals surface area contributed by atoms with Gasteiger partial charge in [-0.1, -0.05) is 60.7 Å². The van der Waals surface area contributed by atoms with Crippen molar-refractivity contribution in [2.24, 2.45) is 0 Å². The van der Waals surface area contributed by atoms with E-state index in [4.69, 9.17) is 4.98 Å². The molecule has 0 unspecified atom stereocenters. The zero-order valence-electron chi connectivity index (χ0n) is 25.2. The summed E-state index contributed by atoms with van der Waals surface area (Å²) in [5.74, 6) is 0.843. The van der Waals surface area contributed by atoms with Gasteiger partial charge in [0.1, 0.15) is 5.82 Å². The van der Waals surface area contributed by atoms with E-state index in [1.54, 1.807) is 0 Å². The van der Waals surface area contributed by atoms with Crippen molar-refractivity contribution in [2.75, 3.05) is 0 Å². The Labute approximate surface area is 256 Å². The molecule has 0 N–H and O–H groups in total. The summed E-state index contributed by atoms with van der Waals surface area (Å²) in [7, 11) is 0. The summed E-state index contributed by atoms with van der Waals surface area (Å²) in [5, 5.41) is 14.9. The third-order valence-electron chi connectivity index (χ3n) is 9.11. The zero-order chi connectivity index (χ0) is 30.1. The van der Waals surface area contributed by atoms with E-state index in [0.717, 1.165) is 44.7 Å². The van der Waals surface area contributed by atoms with Gasteiger partial charge in [0.15, 0.2) is 0 Å². The Balaban J connectivity index is 1.51. The maximum Gasteiger partial charge on any atom is 0.138 e. The molecule has 210 valence electrons. The molecule has 0 spiro atoms. The Morgan fingerprint density at radius 2 is 1.00 bits per heavy atom. The van der Waals surface area contributed by atoms with Crippen LogP contribution in [0.4, 0.5) is 0 Å². The fourth-order valence-electron chi connectivity index (χ4n) is 7.15. The first-order valence-corrected chi connectivity index (χ1v) is 15.0. The fraction of sp³-hybridized carbons (Fsp3) is 0.100. The number of benzene rings is 5. The van der Waals surface area contributed by atoms with Crippen LogP contribution in [0.15, 0.2) is 109 Å². The molecule has 0 amide bonds. The highest BCUT2D eigenvalue weighted by Gasteiger charge is 2.21. The van der Waals surface area contributed by atoms with Crippen LogP contribution in [0.1, 0.15) is 27.8 Å². The molecule has 0 bridgehead atoms. The van der Waals surface area contributed by atoms with Crippen LogP contribution in [0.5, 0.6) is 0 Å². The quantitative estimate of drug-likeness (QED) is 0.214. The minimum absolute atomic E-state index is 0.629. The minimum Gasteiger partial charge on any atom is -0.307 e. The average Bonchev–Trinajstić information content (AvgIpc) is 3.57. The molecule has 0 fully saturated rings. The third-order valence-corrected chi connectivity index (χ3v) is 9.11. The van der Waals surface area contributed by atoms with Crippen LogP contribution < -0.4 is 0 Å². The molecule has 3 heterocycles. The van der Waals surface area contributed by atoms with Gasteiger partial charge in [-0.3, -0.25) is 4.57 Å². The standard InChI is InChI=1S/C40H30N4/c1-24-10-5-16-31-37(24)38-25(2)11-6-17-32(38)43(31)35-23-42-36(21-30(35)29-15-9-14-28(20-29)22-41)44-33-18-7-12-26(3)39(33)40-27(4)13-8-19-34(40)44/h5-21,23H,1-4H3. The molecular weight excluding hydrogens is 536 g/mol. The number of hydrogen-bond acceptors (Lipinski definition) is 2. The van der Waals surface area contributed by atoms with E-state index in [1.807, 2.05) is 24.4 Å². The molecule has 4 nitrogen and oxygen atoms in total. The summed E-state index contributed by atoms with van der Waals surface area (Å²) in [6, 6.07) is 38.4. The predicted octanol–water partition coefficient (Wildman–Crippen LogP) is 10.0. The van der Waals surface area contributed by atoms with Gasteiger partial charge in [0.25, 0.3) is 0 Å². The second-order valence-electron chi connectivity index (χ2n) is 11.8. The van der Waals surface area contributed by atoms with E-state index in [9.17, 15) is 5.26 Å². The van der Waals surface area contributed by atoms with Gasteiger partial charge in [-0.2, -0.15) is 5.26 Å². The van der Waals surface area contributed by atoms with Gasteiger partial charge in [0, 0.05) is 27.1 Å². The summed E-state index contributed by atoms with van der Waals surface area (Å²) in [5.41, 5.74) is 13.1. The highest BCUT2D eigenvalue weighted by atomic mass is 15.1. The summed E-state index contributed by atoms with van der Waals surface area (Å²) in [6.07, 6.45) is 2.01. The van der Waals surface area contributed by atoms with Crippen molar-refractivity contribution in [1.82, 2.24) is 14.1 Å². The zero-order valence-corrected chi connectivity index (χ0v) is 25.2. The van der Waals surface area contributed by atoms with Crippen LogP contribution in [-0.4, -0.2) is 14.1 Å². The molecule has 8 aromatic rings. The van der Waals surface area contributed by atoms with Crippen LogP contribution in [-0.2, 0) is 0 Å². The summed E-state index contributed by atoms with van der Waals surface area (Å²) in [4.78, 5) is 5.20. The highest BCUT2D eigenvalue weighted by Crippen LogP contribution is 2.41. The van der Waals surface area contributed by atoms with E-state index in [0.29, 0.717) is 5.56 Å². The van der Waals surface area contributed by atoms with Crippen molar-refractivity contribution < 1.29 is 0 Å². The van der Waals surface area contributed by atoms with Crippen molar-refractivity contribution in [1.29, 1.82) is 5.26 Å². The maximum atomic E-state index is 9.83. The lowest BCUT2D eigenvalue weighted by Crippen LogP contribution is -2.03. The first kappa shape index (κ1) is 26.0. The van der Waals surface area contributed by atoms with Crippen molar-refractivity contribution in [3.63, 3.8) is 0 Å². The van der Waals surface area contributed by atoms with Crippen LogP contribution in [0.3, 0.4) is 0 Å². The first-order chi connectivity index (χ1) is 21.5. The molecule has 0 atom stereocenters. The second-order valence-corrected chi connectivity index (χ2v) is 11.8. The number of fused-ring (bicyclic) bond motifs is 6. The molecule has 0 radical (unpaired) electrons. The molecule has 3 aromatic heterocycles. The number of nitriles is 1. The van der Waals surface area contributed by atoms with Crippen molar-refractivity contribution in [3.05, 3.63) is 137 Å². The number of hydrogen-bond donors (Lipinski definition) is 0. The van der Waals surface area contributed by atoms with E-state index >= 15 is 0 Å². The average molecular weight is 567 g/mol. The Morgan fingerprint density at radius 3 is 1.48 bits per heavy atom.